The number of hydrogen-bond donors (Lipinski definition) is 1. The van der Waals surface area contributed by atoms with Gasteiger partial charge in [0.2, 0.25) is 0 Å². The van der Waals surface area contributed by atoms with Crippen LogP contribution < -0.4 is 5.32 Å². The van der Waals surface area contributed by atoms with E-state index in [1.165, 1.54) is 26.7 Å². The van der Waals surface area contributed by atoms with Crippen LogP contribution >= 0.6 is 22.6 Å². The molecule has 0 spiro atoms. The number of hydrogen-bond acceptors (Lipinski definition) is 1. The first-order valence-electron chi connectivity index (χ1n) is 7.14. The van der Waals surface area contributed by atoms with Gasteiger partial charge < -0.3 is 5.32 Å². The molecule has 0 aromatic heterocycles. The summed E-state index contributed by atoms with van der Waals surface area (Å²) in [5, 5.41) is 3.44. The van der Waals surface area contributed by atoms with E-state index in [0.29, 0.717) is 6.04 Å². The van der Waals surface area contributed by atoms with Crippen molar-refractivity contribution >= 4 is 22.6 Å². The summed E-state index contributed by atoms with van der Waals surface area (Å²) < 4.78 is 1.30. The smallest absolute Gasteiger partial charge is 0.0130 e. The molecule has 1 nitrogen and oxygen atoms in total. The molecule has 0 bridgehead atoms. The molecule has 2 aromatic rings. The van der Waals surface area contributed by atoms with Crippen molar-refractivity contribution in [2.45, 2.75) is 32.2 Å². The van der Waals surface area contributed by atoms with Crippen molar-refractivity contribution in [2.75, 3.05) is 7.05 Å². The Hall–Kier alpha value is -0.870. The van der Waals surface area contributed by atoms with Crippen molar-refractivity contribution in [1.29, 1.82) is 0 Å². The van der Waals surface area contributed by atoms with Gasteiger partial charge >= 0.3 is 0 Å². The second-order valence-corrected chi connectivity index (χ2v) is 6.59. The van der Waals surface area contributed by atoms with Crippen LogP contribution in [0.15, 0.2) is 48.5 Å². The Kier molecular flexibility index (Phi) is 6.05. The molecule has 0 aliphatic rings. The molecule has 0 amide bonds. The lowest BCUT2D eigenvalue weighted by atomic mass is 9.99. The van der Waals surface area contributed by atoms with Crippen LogP contribution in [-0.2, 0) is 12.8 Å². The van der Waals surface area contributed by atoms with Gasteiger partial charge in [0.15, 0.2) is 0 Å². The molecule has 0 aliphatic heterocycles. The first kappa shape index (κ1) is 15.5. The monoisotopic (exact) mass is 379 g/mol. The third kappa shape index (κ3) is 4.91. The molecule has 1 unspecified atom stereocenters. The van der Waals surface area contributed by atoms with Crippen molar-refractivity contribution < 1.29 is 0 Å². The molecule has 0 heterocycles. The molecule has 2 heteroatoms. The van der Waals surface area contributed by atoms with Gasteiger partial charge in [-0.25, -0.2) is 0 Å². The van der Waals surface area contributed by atoms with Gasteiger partial charge in [0.25, 0.3) is 0 Å². The highest BCUT2D eigenvalue weighted by Gasteiger charge is 2.07. The minimum Gasteiger partial charge on any atom is -0.317 e. The number of halogens is 1. The van der Waals surface area contributed by atoms with E-state index in [2.05, 4.69) is 90.4 Å². The maximum Gasteiger partial charge on any atom is 0.0130 e. The zero-order valence-corrected chi connectivity index (χ0v) is 14.4. The van der Waals surface area contributed by atoms with Crippen LogP contribution in [-0.4, -0.2) is 13.1 Å². The molecule has 2 aromatic carbocycles. The van der Waals surface area contributed by atoms with Gasteiger partial charge in [0.05, 0.1) is 0 Å². The van der Waals surface area contributed by atoms with Crippen molar-refractivity contribution in [3.8, 4) is 0 Å². The summed E-state index contributed by atoms with van der Waals surface area (Å²) in [6, 6.07) is 18.3. The Morgan fingerprint density at radius 2 is 1.55 bits per heavy atom. The molecule has 0 radical (unpaired) electrons. The Balaban J connectivity index is 1.88. The van der Waals surface area contributed by atoms with E-state index in [0.717, 1.165) is 12.8 Å². The fraction of sp³-hybridized carbons (Fsp3) is 0.333. The van der Waals surface area contributed by atoms with Crippen LogP contribution in [0.25, 0.3) is 0 Å². The molecule has 1 N–H and O–H groups in total. The highest BCUT2D eigenvalue weighted by Crippen LogP contribution is 2.12. The second kappa shape index (κ2) is 7.79. The van der Waals surface area contributed by atoms with E-state index < -0.39 is 0 Å². The number of aryl methyl sites for hydroxylation is 2. The van der Waals surface area contributed by atoms with E-state index in [-0.39, 0.29) is 0 Å². The highest BCUT2D eigenvalue weighted by atomic mass is 127. The Morgan fingerprint density at radius 3 is 2.15 bits per heavy atom. The summed E-state index contributed by atoms with van der Waals surface area (Å²) in [6.07, 6.45) is 3.40. The first-order valence-corrected chi connectivity index (χ1v) is 8.22. The fourth-order valence-electron chi connectivity index (χ4n) is 2.35. The van der Waals surface area contributed by atoms with Gasteiger partial charge in [0, 0.05) is 9.61 Å². The first-order chi connectivity index (χ1) is 9.67. The number of likely N-dealkylation sites (N-methyl/N-ethyl adjacent to an activating group) is 1. The van der Waals surface area contributed by atoms with Gasteiger partial charge in [-0.15, -0.1) is 0 Å². The van der Waals surface area contributed by atoms with Gasteiger partial charge in [-0.3, -0.25) is 0 Å². The third-order valence-corrected chi connectivity index (χ3v) is 4.42. The zero-order chi connectivity index (χ0) is 14.4. The lowest BCUT2D eigenvalue weighted by molar-refractivity contribution is 0.520. The summed E-state index contributed by atoms with van der Waals surface area (Å²) >= 11 is 2.35. The molecule has 2 rings (SSSR count). The van der Waals surface area contributed by atoms with Crippen molar-refractivity contribution in [1.82, 2.24) is 5.32 Å². The average Bonchev–Trinajstić information content (AvgIpc) is 2.47. The molecule has 0 saturated heterocycles. The Morgan fingerprint density at radius 1 is 0.950 bits per heavy atom. The van der Waals surface area contributed by atoms with Gasteiger partial charge in [-0.05, 0) is 79.1 Å². The minimum atomic E-state index is 0.538. The van der Waals surface area contributed by atoms with Crippen LogP contribution in [0.5, 0.6) is 0 Å². The average molecular weight is 379 g/mol. The standard InChI is InChI=1S/C18H22IN/c1-14-3-5-15(6-4-14)9-12-18(20-2)13-16-7-10-17(19)11-8-16/h3-8,10-11,18,20H,9,12-13H2,1-2H3. The highest BCUT2D eigenvalue weighted by molar-refractivity contribution is 14.1. The van der Waals surface area contributed by atoms with Crippen LogP contribution in [0.3, 0.4) is 0 Å². The van der Waals surface area contributed by atoms with Gasteiger partial charge in [-0.2, -0.15) is 0 Å². The molecular formula is C18H22IN. The van der Waals surface area contributed by atoms with Crippen LogP contribution in [0, 0.1) is 10.5 Å². The van der Waals surface area contributed by atoms with Crippen LogP contribution in [0.1, 0.15) is 23.1 Å². The molecule has 106 valence electrons. The predicted octanol–water partition coefficient (Wildman–Crippen LogP) is 4.36. The summed E-state index contributed by atoms with van der Waals surface area (Å²) in [5.74, 6) is 0. The SMILES string of the molecule is CNC(CCc1ccc(C)cc1)Cc1ccc(I)cc1. The molecular weight excluding hydrogens is 357 g/mol. The zero-order valence-electron chi connectivity index (χ0n) is 12.2. The summed E-state index contributed by atoms with van der Waals surface area (Å²) in [7, 11) is 2.06. The second-order valence-electron chi connectivity index (χ2n) is 5.34. The molecule has 1 atom stereocenters. The quantitative estimate of drug-likeness (QED) is 0.736. The molecule has 0 fully saturated rings. The van der Waals surface area contributed by atoms with E-state index in [9.17, 15) is 0 Å². The lowest BCUT2D eigenvalue weighted by Crippen LogP contribution is -2.28. The predicted molar refractivity (Wildman–Crippen MR) is 95.2 cm³/mol. The van der Waals surface area contributed by atoms with E-state index in [4.69, 9.17) is 0 Å². The maximum absolute atomic E-state index is 3.44. The fourth-order valence-corrected chi connectivity index (χ4v) is 2.71. The summed E-state index contributed by atoms with van der Waals surface area (Å²) in [6.45, 7) is 2.14. The van der Waals surface area contributed by atoms with Gasteiger partial charge in [0.1, 0.15) is 0 Å². The van der Waals surface area contributed by atoms with Gasteiger partial charge in [-0.1, -0.05) is 42.0 Å². The van der Waals surface area contributed by atoms with E-state index in [1.54, 1.807) is 0 Å². The number of nitrogens with one attached hydrogen (secondary N) is 1. The van der Waals surface area contributed by atoms with E-state index >= 15 is 0 Å². The molecule has 20 heavy (non-hydrogen) atoms. The van der Waals surface area contributed by atoms with Crippen molar-refractivity contribution in [3.05, 3.63) is 68.8 Å². The molecule has 0 aliphatic carbocycles. The Labute approximate surface area is 135 Å². The number of rotatable bonds is 6. The van der Waals surface area contributed by atoms with Crippen LogP contribution in [0.2, 0.25) is 0 Å². The minimum absolute atomic E-state index is 0.538. The normalized spacial score (nSPS) is 12.3. The van der Waals surface area contributed by atoms with Crippen molar-refractivity contribution in [2.24, 2.45) is 0 Å². The topological polar surface area (TPSA) is 12.0 Å². The Bertz CT molecular complexity index is 516. The largest absolute Gasteiger partial charge is 0.317 e. The summed E-state index contributed by atoms with van der Waals surface area (Å²) in [5.41, 5.74) is 4.17. The van der Waals surface area contributed by atoms with E-state index in [1.807, 2.05) is 0 Å². The van der Waals surface area contributed by atoms with Crippen molar-refractivity contribution in [3.63, 3.8) is 0 Å². The summed E-state index contributed by atoms with van der Waals surface area (Å²) in [4.78, 5) is 0. The third-order valence-electron chi connectivity index (χ3n) is 3.71. The van der Waals surface area contributed by atoms with Crippen LogP contribution in [0.4, 0.5) is 0 Å². The molecule has 0 saturated carbocycles. The lowest BCUT2D eigenvalue weighted by Gasteiger charge is -2.16. The number of benzene rings is 2. The maximum atomic E-state index is 3.44.